The fourth-order valence-electron chi connectivity index (χ4n) is 2.23. The van der Waals surface area contributed by atoms with Gasteiger partial charge in [0.15, 0.2) is 11.5 Å². The molecule has 3 nitrogen and oxygen atoms in total. The number of halogens is 1. The Balaban J connectivity index is 2.28. The maximum absolute atomic E-state index is 6.05. The minimum atomic E-state index is 0.315. The Hall–Kier alpha value is -0.740. The summed E-state index contributed by atoms with van der Waals surface area (Å²) in [7, 11) is 1.66. The van der Waals surface area contributed by atoms with Crippen LogP contribution < -0.4 is 15.2 Å². The molecule has 1 aromatic rings. The van der Waals surface area contributed by atoms with Gasteiger partial charge in [0.1, 0.15) is 0 Å². The van der Waals surface area contributed by atoms with Crippen molar-refractivity contribution in [1.29, 1.82) is 0 Å². The van der Waals surface area contributed by atoms with E-state index in [1.54, 1.807) is 7.11 Å². The van der Waals surface area contributed by atoms with Crippen molar-refractivity contribution in [2.75, 3.05) is 7.11 Å². The molecule has 0 radical (unpaired) electrons. The third-order valence-electron chi connectivity index (χ3n) is 3.12. The molecule has 0 aromatic heterocycles. The van der Waals surface area contributed by atoms with Crippen LogP contribution in [0.4, 0.5) is 0 Å². The normalized spacial score (nSPS) is 16.2. The van der Waals surface area contributed by atoms with Crippen molar-refractivity contribution in [2.45, 2.75) is 38.3 Å². The number of ether oxygens (including phenoxy) is 2. The fourth-order valence-corrected chi connectivity index (χ4v) is 2.72. The monoisotopic (exact) mass is 299 g/mol. The standard InChI is InChI=1S/C13H18BrNO2/c1-16-12-7-10(14)6-9(8-15)13(12)17-11-4-2-3-5-11/h6-7,11H,2-5,8,15H2,1H3. The molecule has 0 heterocycles. The number of hydrogen-bond acceptors (Lipinski definition) is 3. The third-order valence-corrected chi connectivity index (χ3v) is 3.58. The van der Waals surface area contributed by atoms with Gasteiger partial charge in [0.25, 0.3) is 0 Å². The second kappa shape index (κ2) is 5.74. The number of hydrogen-bond donors (Lipinski definition) is 1. The summed E-state index contributed by atoms with van der Waals surface area (Å²) < 4.78 is 12.4. The van der Waals surface area contributed by atoms with Crippen molar-refractivity contribution >= 4 is 15.9 Å². The molecule has 17 heavy (non-hydrogen) atoms. The zero-order valence-electron chi connectivity index (χ0n) is 10.0. The molecule has 0 aliphatic heterocycles. The molecule has 2 rings (SSSR count). The number of nitrogens with two attached hydrogens (primary N) is 1. The van der Waals surface area contributed by atoms with Gasteiger partial charge < -0.3 is 15.2 Å². The summed E-state index contributed by atoms with van der Waals surface area (Å²) in [6, 6.07) is 3.91. The van der Waals surface area contributed by atoms with E-state index in [9.17, 15) is 0 Å². The minimum Gasteiger partial charge on any atom is -0.493 e. The molecule has 0 bridgehead atoms. The maximum atomic E-state index is 6.05. The lowest BCUT2D eigenvalue weighted by Gasteiger charge is -2.19. The Kier molecular flexibility index (Phi) is 4.29. The fraction of sp³-hybridized carbons (Fsp3) is 0.538. The van der Waals surface area contributed by atoms with Gasteiger partial charge in [0.2, 0.25) is 0 Å². The highest BCUT2D eigenvalue weighted by Gasteiger charge is 2.20. The van der Waals surface area contributed by atoms with Crippen LogP contribution in [0.1, 0.15) is 31.2 Å². The lowest BCUT2D eigenvalue weighted by molar-refractivity contribution is 0.198. The van der Waals surface area contributed by atoms with E-state index >= 15 is 0 Å². The molecule has 94 valence electrons. The Bertz CT molecular complexity index is 364. The molecule has 2 N–H and O–H groups in total. The maximum Gasteiger partial charge on any atom is 0.166 e. The Morgan fingerprint density at radius 2 is 2.06 bits per heavy atom. The van der Waals surface area contributed by atoms with Crippen LogP contribution in [-0.2, 0) is 6.54 Å². The van der Waals surface area contributed by atoms with E-state index in [1.807, 2.05) is 12.1 Å². The highest BCUT2D eigenvalue weighted by atomic mass is 79.9. The molecular weight excluding hydrogens is 282 g/mol. The first-order chi connectivity index (χ1) is 8.24. The van der Waals surface area contributed by atoms with Crippen LogP contribution in [0.5, 0.6) is 11.5 Å². The van der Waals surface area contributed by atoms with E-state index in [0.717, 1.165) is 34.4 Å². The molecule has 1 saturated carbocycles. The van der Waals surface area contributed by atoms with Crippen molar-refractivity contribution in [1.82, 2.24) is 0 Å². The molecule has 0 unspecified atom stereocenters. The van der Waals surface area contributed by atoms with E-state index in [4.69, 9.17) is 15.2 Å². The third kappa shape index (κ3) is 2.93. The van der Waals surface area contributed by atoms with Crippen LogP contribution in [0.15, 0.2) is 16.6 Å². The minimum absolute atomic E-state index is 0.315. The Morgan fingerprint density at radius 1 is 1.35 bits per heavy atom. The lowest BCUT2D eigenvalue weighted by atomic mass is 10.2. The highest BCUT2D eigenvalue weighted by molar-refractivity contribution is 9.10. The van der Waals surface area contributed by atoms with Gasteiger partial charge in [-0.05, 0) is 37.8 Å². The van der Waals surface area contributed by atoms with Crippen molar-refractivity contribution in [3.63, 3.8) is 0 Å². The van der Waals surface area contributed by atoms with Crippen molar-refractivity contribution in [3.8, 4) is 11.5 Å². The van der Waals surface area contributed by atoms with Crippen molar-refractivity contribution in [3.05, 3.63) is 22.2 Å². The topological polar surface area (TPSA) is 44.5 Å². The van der Waals surface area contributed by atoms with E-state index in [-0.39, 0.29) is 0 Å². The molecule has 0 spiro atoms. The first kappa shape index (κ1) is 12.7. The number of benzene rings is 1. The number of rotatable bonds is 4. The molecule has 1 aliphatic rings. The van der Waals surface area contributed by atoms with E-state index in [2.05, 4.69) is 15.9 Å². The Morgan fingerprint density at radius 3 is 2.65 bits per heavy atom. The van der Waals surface area contributed by atoms with Gasteiger partial charge in [-0.2, -0.15) is 0 Å². The average Bonchev–Trinajstić information content (AvgIpc) is 2.83. The molecule has 0 amide bonds. The number of methoxy groups -OCH3 is 1. The molecule has 1 fully saturated rings. The van der Waals surface area contributed by atoms with E-state index in [1.165, 1.54) is 12.8 Å². The van der Waals surface area contributed by atoms with Crippen LogP contribution in [0.2, 0.25) is 0 Å². The first-order valence-corrected chi connectivity index (χ1v) is 6.77. The van der Waals surface area contributed by atoms with E-state index < -0.39 is 0 Å². The van der Waals surface area contributed by atoms with Gasteiger partial charge in [-0.1, -0.05) is 15.9 Å². The first-order valence-electron chi connectivity index (χ1n) is 5.97. The smallest absolute Gasteiger partial charge is 0.166 e. The molecule has 0 atom stereocenters. The summed E-state index contributed by atoms with van der Waals surface area (Å²) in [6.45, 7) is 0.456. The van der Waals surface area contributed by atoms with Crippen LogP contribution in [0.25, 0.3) is 0 Å². The summed E-state index contributed by atoms with van der Waals surface area (Å²) in [5.74, 6) is 1.57. The summed E-state index contributed by atoms with van der Waals surface area (Å²) in [4.78, 5) is 0. The van der Waals surface area contributed by atoms with Gasteiger partial charge >= 0.3 is 0 Å². The van der Waals surface area contributed by atoms with Crippen LogP contribution in [-0.4, -0.2) is 13.2 Å². The van der Waals surface area contributed by atoms with Gasteiger partial charge in [0.05, 0.1) is 13.2 Å². The zero-order chi connectivity index (χ0) is 12.3. The van der Waals surface area contributed by atoms with Gasteiger partial charge in [-0.15, -0.1) is 0 Å². The van der Waals surface area contributed by atoms with Gasteiger partial charge in [-0.25, -0.2) is 0 Å². The molecular formula is C13H18BrNO2. The molecule has 1 aliphatic carbocycles. The second-order valence-corrected chi connectivity index (χ2v) is 5.24. The molecule has 1 aromatic carbocycles. The zero-order valence-corrected chi connectivity index (χ0v) is 11.6. The van der Waals surface area contributed by atoms with Crippen LogP contribution in [0, 0.1) is 0 Å². The van der Waals surface area contributed by atoms with Gasteiger partial charge in [0, 0.05) is 16.6 Å². The van der Waals surface area contributed by atoms with Crippen molar-refractivity contribution in [2.24, 2.45) is 5.73 Å². The Labute approximate surface area is 110 Å². The van der Waals surface area contributed by atoms with E-state index in [0.29, 0.717) is 12.6 Å². The SMILES string of the molecule is COc1cc(Br)cc(CN)c1OC1CCCC1. The highest BCUT2D eigenvalue weighted by Crippen LogP contribution is 2.37. The molecule has 4 heteroatoms. The quantitative estimate of drug-likeness (QED) is 0.928. The van der Waals surface area contributed by atoms with Gasteiger partial charge in [-0.3, -0.25) is 0 Å². The predicted octanol–water partition coefficient (Wildman–Crippen LogP) is 3.24. The predicted molar refractivity (Wildman–Crippen MR) is 71.5 cm³/mol. The van der Waals surface area contributed by atoms with Crippen LogP contribution >= 0.6 is 15.9 Å². The summed E-state index contributed by atoms with van der Waals surface area (Å²) >= 11 is 3.45. The van der Waals surface area contributed by atoms with Crippen LogP contribution in [0.3, 0.4) is 0 Å². The largest absolute Gasteiger partial charge is 0.493 e. The molecule has 0 saturated heterocycles. The lowest BCUT2D eigenvalue weighted by Crippen LogP contribution is -2.14. The summed E-state index contributed by atoms with van der Waals surface area (Å²) in [5.41, 5.74) is 6.75. The average molecular weight is 300 g/mol. The summed E-state index contributed by atoms with van der Waals surface area (Å²) in [5, 5.41) is 0. The summed E-state index contributed by atoms with van der Waals surface area (Å²) in [6.07, 6.45) is 5.07. The van der Waals surface area contributed by atoms with Crippen molar-refractivity contribution < 1.29 is 9.47 Å². The second-order valence-electron chi connectivity index (χ2n) is 4.32.